The van der Waals surface area contributed by atoms with Gasteiger partial charge in [0.15, 0.2) is 10.2 Å². The van der Waals surface area contributed by atoms with Crippen LogP contribution < -0.4 is 10.6 Å². The summed E-state index contributed by atoms with van der Waals surface area (Å²) in [5, 5.41) is 9.26. The molecule has 1 heterocycles. The van der Waals surface area contributed by atoms with E-state index < -0.39 is 0 Å². The second kappa shape index (κ2) is 9.06. The Morgan fingerprint density at radius 2 is 1.48 bits per heavy atom. The molecule has 1 saturated heterocycles. The van der Waals surface area contributed by atoms with Crippen molar-refractivity contribution >= 4 is 69.2 Å². The second-order valence-corrected chi connectivity index (χ2v) is 8.02. The lowest BCUT2D eigenvalue weighted by Crippen LogP contribution is -2.57. The predicted molar refractivity (Wildman–Crippen MR) is 123 cm³/mol. The van der Waals surface area contributed by atoms with Crippen LogP contribution in [0.3, 0.4) is 0 Å². The first-order chi connectivity index (χ1) is 12.9. The van der Waals surface area contributed by atoms with Gasteiger partial charge in [-0.25, -0.2) is 0 Å². The number of hydrogen-bond donors (Lipinski definition) is 2. The molecule has 0 spiro atoms. The number of halogens is 2. The molecular weight excluding hydrogens is 419 g/mol. The van der Waals surface area contributed by atoms with Gasteiger partial charge in [-0.05, 0) is 67.8 Å². The summed E-state index contributed by atoms with van der Waals surface area (Å²) in [6.07, 6.45) is 0. The quantitative estimate of drug-likeness (QED) is 0.634. The van der Waals surface area contributed by atoms with Gasteiger partial charge in [-0.1, -0.05) is 35.3 Å². The van der Waals surface area contributed by atoms with Crippen LogP contribution >= 0.6 is 47.6 Å². The largest absolute Gasteiger partial charge is 0.345 e. The highest BCUT2D eigenvalue weighted by molar-refractivity contribution is 7.80. The molecule has 1 aliphatic rings. The Bertz CT molecular complexity index is 846. The van der Waals surface area contributed by atoms with E-state index in [2.05, 4.69) is 27.4 Å². The van der Waals surface area contributed by atoms with E-state index in [1.54, 1.807) is 0 Å². The van der Waals surface area contributed by atoms with E-state index in [9.17, 15) is 0 Å². The minimum Gasteiger partial charge on any atom is -0.345 e. The molecule has 1 atom stereocenters. The van der Waals surface area contributed by atoms with Gasteiger partial charge < -0.3 is 20.4 Å². The first kappa shape index (κ1) is 20.1. The summed E-state index contributed by atoms with van der Waals surface area (Å²) in [4.78, 5) is 4.33. The molecule has 142 valence electrons. The summed E-state index contributed by atoms with van der Waals surface area (Å²) < 4.78 is 0. The van der Waals surface area contributed by atoms with Gasteiger partial charge in [0, 0.05) is 47.1 Å². The van der Waals surface area contributed by atoms with Crippen molar-refractivity contribution in [3.05, 3.63) is 58.6 Å². The third-order valence-electron chi connectivity index (χ3n) is 4.33. The molecule has 8 heteroatoms. The maximum atomic E-state index is 6.04. The fourth-order valence-electron chi connectivity index (χ4n) is 2.97. The van der Waals surface area contributed by atoms with Crippen LogP contribution in [-0.2, 0) is 0 Å². The zero-order valence-corrected chi connectivity index (χ0v) is 17.9. The first-order valence-corrected chi connectivity index (χ1v) is 10.1. The van der Waals surface area contributed by atoms with Gasteiger partial charge in [0.05, 0.1) is 0 Å². The molecule has 1 aliphatic heterocycles. The maximum Gasteiger partial charge on any atom is 0.173 e. The molecule has 1 fully saturated rings. The van der Waals surface area contributed by atoms with Gasteiger partial charge >= 0.3 is 0 Å². The van der Waals surface area contributed by atoms with Crippen LogP contribution in [-0.4, -0.2) is 45.7 Å². The Balaban J connectivity index is 1.56. The van der Waals surface area contributed by atoms with Crippen molar-refractivity contribution in [1.82, 2.24) is 9.80 Å². The minimum absolute atomic E-state index is 0.219. The summed E-state index contributed by atoms with van der Waals surface area (Å²) in [5.74, 6) is 0. The Hall–Kier alpha value is -1.60. The summed E-state index contributed by atoms with van der Waals surface area (Å²) >= 11 is 23.2. The van der Waals surface area contributed by atoms with Crippen LogP contribution in [0.1, 0.15) is 6.92 Å². The van der Waals surface area contributed by atoms with Gasteiger partial charge in [0.25, 0.3) is 0 Å². The standard InChI is InChI=1S/C19H20Cl2N4S2/c1-13-12-24(18(26)22-16-6-2-4-14(20)10-16)8-9-25(13)19(27)23-17-7-3-5-15(21)11-17/h2-7,10-11,13H,8-9,12H2,1H3,(H,22,26)(H,23,27)/t13-/m1/s1. The van der Waals surface area contributed by atoms with E-state index in [0.29, 0.717) is 20.3 Å². The van der Waals surface area contributed by atoms with Crippen LogP contribution in [0.2, 0.25) is 10.0 Å². The van der Waals surface area contributed by atoms with Crippen molar-refractivity contribution in [3.63, 3.8) is 0 Å². The van der Waals surface area contributed by atoms with E-state index in [4.69, 9.17) is 47.6 Å². The lowest BCUT2D eigenvalue weighted by Gasteiger charge is -2.42. The number of piperazine rings is 1. The molecule has 0 bridgehead atoms. The number of rotatable bonds is 2. The third-order valence-corrected chi connectivity index (χ3v) is 5.49. The Kier molecular flexibility index (Phi) is 6.76. The molecular formula is C19H20Cl2N4S2. The zero-order chi connectivity index (χ0) is 19.4. The topological polar surface area (TPSA) is 30.5 Å². The van der Waals surface area contributed by atoms with Gasteiger partial charge in [-0.15, -0.1) is 0 Å². The molecule has 3 rings (SSSR count). The molecule has 0 aromatic heterocycles. The van der Waals surface area contributed by atoms with Crippen molar-refractivity contribution in [3.8, 4) is 0 Å². The van der Waals surface area contributed by atoms with Gasteiger partial charge in [0.1, 0.15) is 0 Å². The second-order valence-electron chi connectivity index (χ2n) is 6.37. The molecule has 0 saturated carbocycles. The fourth-order valence-corrected chi connectivity index (χ4v) is 4.03. The predicted octanol–water partition coefficient (Wildman–Crippen LogP) is 5.09. The number of thiocarbonyl (C=S) groups is 2. The van der Waals surface area contributed by atoms with E-state index in [1.807, 2.05) is 48.5 Å². The molecule has 0 radical (unpaired) electrons. The smallest absolute Gasteiger partial charge is 0.173 e. The lowest BCUT2D eigenvalue weighted by molar-refractivity contribution is 0.200. The van der Waals surface area contributed by atoms with Crippen LogP contribution in [0.5, 0.6) is 0 Å². The SMILES string of the molecule is C[C@@H]1CN(C(=S)Nc2cccc(Cl)c2)CCN1C(=S)Nc1cccc(Cl)c1. The monoisotopic (exact) mass is 438 g/mol. The summed E-state index contributed by atoms with van der Waals surface area (Å²) in [6, 6.07) is 15.3. The molecule has 2 aromatic carbocycles. The number of nitrogens with zero attached hydrogens (tertiary/aromatic N) is 2. The molecule has 0 amide bonds. The Labute approximate surface area is 180 Å². The Morgan fingerprint density at radius 1 is 0.926 bits per heavy atom. The van der Waals surface area contributed by atoms with Gasteiger partial charge in [-0.3, -0.25) is 0 Å². The number of hydrogen-bond acceptors (Lipinski definition) is 2. The van der Waals surface area contributed by atoms with E-state index in [-0.39, 0.29) is 6.04 Å². The van der Waals surface area contributed by atoms with Crippen molar-refractivity contribution in [1.29, 1.82) is 0 Å². The van der Waals surface area contributed by atoms with Crippen LogP contribution in [0, 0.1) is 0 Å². The molecule has 0 unspecified atom stereocenters. The summed E-state index contributed by atoms with van der Waals surface area (Å²) in [7, 11) is 0. The number of nitrogens with one attached hydrogen (secondary N) is 2. The summed E-state index contributed by atoms with van der Waals surface area (Å²) in [5.41, 5.74) is 1.78. The van der Waals surface area contributed by atoms with E-state index in [0.717, 1.165) is 31.0 Å². The average Bonchev–Trinajstić information content (AvgIpc) is 2.61. The van der Waals surface area contributed by atoms with Crippen molar-refractivity contribution in [2.75, 3.05) is 30.3 Å². The molecule has 2 aromatic rings. The highest BCUT2D eigenvalue weighted by Crippen LogP contribution is 2.19. The van der Waals surface area contributed by atoms with Gasteiger partial charge in [-0.2, -0.15) is 0 Å². The molecule has 2 N–H and O–H groups in total. The highest BCUT2D eigenvalue weighted by atomic mass is 35.5. The van der Waals surface area contributed by atoms with E-state index >= 15 is 0 Å². The number of anilines is 2. The van der Waals surface area contributed by atoms with Crippen LogP contribution in [0.4, 0.5) is 11.4 Å². The molecule has 4 nitrogen and oxygen atoms in total. The van der Waals surface area contributed by atoms with Crippen LogP contribution in [0.25, 0.3) is 0 Å². The lowest BCUT2D eigenvalue weighted by atomic mass is 10.2. The normalized spacial score (nSPS) is 16.8. The van der Waals surface area contributed by atoms with Gasteiger partial charge in [0.2, 0.25) is 0 Å². The maximum absolute atomic E-state index is 6.04. The van der Waals surface area contributed by atoms with Crippen molar-refractivity contribution in [2.45, 2.75) is 13.0 Å². The fraction of sp³-hybridized carbons (Fsp3) is 0.263. The summed E-state index contributed by atoms with van der Waals surface area (Å²) in [6.45, 7) is 4.49. The Morgan fingerprint density at radius 3 is 2.00 bits per heavy atom. The zero-order valence-electron chi connectivity index (χ0n) is 14.8. The molecule has 27 heavy (non-hydrogen) atoms. The number of benzene rings is 2. The van der Waals surface area contributed by atoms with E-state index in [1.165, 1.54) is 0 Å². The molecule has 0 aliphatic carbocycles. The van der Waals surface area contributed by atoms with Crippen LogP contribution in [0.15, 0.2) is 48.5 Å². The highest BCUT2D eigenvalue weighted by Gasteiger charge is 2.27. The average molecular weight is 439 g/mol. The first-order valence-electron chi connectivity index (χ1n) is 8.57. The minimum atomic E-state index is 0.219. The third kappa shape index (κ3) is 5.45. The van der Waals surface area contributed by atoms with Crippen molar-refractivity contribution in [2.24, 2.45) is 0 Å². The van der Waals surface area contributed by atoms with Crippen molar-refractivity contribution < 1.29 is 0 Å².